The van der Waals surface area contributed by atoms with Gasteiger partial charge >= 0.3 is 0 Å². The van der Waals surface area contributed by atoms with E-state index in [4.69, 9.17) is 0 Å². The quantitative estimate of drug-likeness (QED) is 0.773. The van der Waals surface area contributed by atoms with E-state index in [9.17, 15) is 0 Å². The third-order valence-corrected chi connectivity index (χ3v) is 2.78. The van der Waals surface area contributed by atoms with Crippen LogP contribution in [0.5, 0.6) is 0 Å². The third kappa shape index (κ3) is 2.60. The number of para-hydroxylation sites is 1. The highest BCUT2D eigenvalue weighted by Crippen LogP contribution is 2.14. The van der Waals surface area contributed by atoms with Crippen LogP contribution < -0.4 is 5.32 Å². The average molecular weight is 251 g/mol. The number of aromatic nitrogens is 4. The van der Waals surface area contributed by atoms with Gasteiger partial charge in [-0.05, 0) is 23.8 Å². The molecule has 0 amide bonds. The molecule has 0 aliphatic carbocycles. The second-order valence-electron chi connectivity index (χ2n) is 4.03. The average Bonchev–Trinajstić information content (AvgIpc) is 3.01. The first-order valence-corrected chi connectivity index (χ1v) is 6.01. The highest BCUT2D eigenvalue weighted by molar-refractivity contribution is 5.43. The first-order valence-electron chi connectivity index (χ1n) is 6.01. The molecule has 19 heavy (non-hydrogen) atoms. The normalized spacial score (nSPS) is 10.3. The van der Waals surface area contributed by atoms with Crippen molar-refractivity contribution in [2.24, 2.45) is 0 Å². The van der Waals surface area contributed by atoms with Gasteiger partial charge in [-0.2, -0.15) is 5.10 Å². The van der Waals surface area contributed by atoms with Crippen molar-refractivity contribution in [2.45, 2.75) is 6.54 Å². The van der Waals surface area contributed by atoms with E-state index in [2.05, 4.69) is 26.4 Å². The maximum absolute atomic E-state index is 4.27. The summed E-state index contributed by atoms with van der Waals surface area (Å²) in [6.07, 6.45) is 6.95. The van der Waals surface area contributed by atoms with Crippen LogP contribution in [0.15, 0.2) is 61.3 Å². The van der Waals surface area contributed by atoms with Gasteiger partial charge in [-0.25, -0.2) is 14.6 Å². The van der Waals surface area contributed by atoms with Crippen LogP contribution in [0.3, 0.4) is 0 Å². The van der Waals surface area contributed by atoms with Gasteiger partial charge in [-0.3, -0.25) is 0 Å². The lowest BCUT2D eigenvalue weighted by molar-refractivity contribution is 0.863. The second-order valence-corrected chi connectivity index (χ2v) is 4.03. The highest BCUT2D eigenvalue weighted by atomic mass is 15.3. The largest absolute Gasteiger partial charge is 0.366 e. The molecule has 0 radical (unpaired) electrons. The second kappa shape index (κ2) is 5.30. The van der Waals surface area contributed by atoms with Crippen LogP contribution in [-0.2, 0) is 6.54 Å². The Morgan fingerprint density at radius 3 is 2.79 bits per heavy atom. The zero-order chi connectivity index (χ0) is 12.9. The molecule has 5 heteroatoms. The van der Waals surface area contributed by atoms with Gasteiger partial charge in [0.25, 0.3) is 0 Å². The van der Waals surface area contributed by atoms with Gasteiger partial charge in [0.15, 0.2) is 0 Å². The van der Waals surface area contributed by atoms with E-state index in [0.29, 0.717) is 6.54 Å². The van der Waals surface area contributed by atoms with Crippen molar-refractivity contribution in [1.82, 2.24) is 19.7 Å². The summed E-state index contributed by atoms with van der Waals surface area (Å²) in [5.41, 5.74) is 2.22. The zero-order valence-corrected chi connectivity index (χ0v) is 10.3. The summed E-state index contributed by atoms with van der Waals surface area (Å²) in [5, 5.41) is 7.54. The van der Waals surface area contributed by atoms with Crippen molar-refractivity contribution in [2.75, 3.05) is 5.32 Å². The van der Waals surface area contributed by atoms with Crippen molar-refractivity contribution < 1.29 is 0 Å². The Bertz CT molecular complexity index is 634. The van der Waals surface area contributed by atoms with Crippen LogP contribution in [0, 0.1) is 0 Å². The molecule has 3 aromatic rings. The van der Waals surface area contributed by atoms with E-state index in [-0.39, 0.29) is 0 Å². The molecule has 1 N–H and O–H groups in total. The van der Waals surface area contributed by atoms with Gasteiger partial charge in [0.05, 0.1) is 5.69 Å². The number of anilines is 1. The lowest BCUT2D eigenvalue weighted by atomic mass is 10.2. The van der Waals surface area contributed by atoms with E-state index in [0.717, 1.165) is 17.1 Å². The smallest absolute Gasteiger partial charge is 0.129 e. The minimum absolute atomic E-state index is 0.688. The summed E-state index contributed by atoms with van der Waals surface area (Å²) >= 11 is 0. The van der Waals surface area contributed by atoms with E-state index in [1.807, 2.05) is 41.2 Å². The van der Waals surface area contributed by atoms with Crippen LogP contribution in [0.4, 0.5) is 5.82 Å². The molecule has 2 heterocycles. The fraction of sp³-hybridized carbons (Fsp3) is 0.0714. The minimum atomic E-state index is 0.688. The summed E-state index contributed by atoms with van der Waals surface area (Å²) in [6.45, 7) is 0.688. The van der Waals surface area contributed by atoms with Crippen molar-refractivity contribution in [3.63, 3.8) is 0 Å². The lowest BCUT2D eigenvalue weighted by Crippen LogP contribution is -2.06. The molecule has 0 saturated carbocycles. The SMILES string of the molecule is c1ccc(-n2cccn2)c(CNc2ccncn2)c1. The molecule has 0 aliphatic heterocycles. The van der Waals surface area contributed by atoms with E-state index < -0.39 is 0 Å². The molecule has 0 fully saturated rings. The Labute approximate surface area is 111 Å². The number of hydrogen-bond donors (Lipinski definition) is 1. The van der Waals surface area contributed by atoms with Crippen molar-refractivity contribution in [3.8, 4) is 5.69 Å². The van der Waals surface area contributed by atoms with Crippen LogP contribution in [0.25, 0.3) is 5.69 Å². The highest BCUT2D eigenvalue weighted by Gasteiger charge is 2.04. The monoisotopic (exact) mass is 251 g/mol. The molecule has 5 nitrogen and oxygen atoms in total. The molecule has 0 bridgehead atoms. The van der Waals surface area contributed by atoms with E-state index in [1.54, 1.807) is 12.4 Å². The Hall–Kier alpha value is -2.69. The Morgan fingerprint density at radius 2 is 2.00 bits per heavy atom. The van der Waals surface area contributed by atoms with E-state index in [1.165, 1.54) is 6.33 Å². The lowest BCUT2D eigenvalue weighted by Gasteiger charge is -2.10. The molecule has 3 rings (SSSR count). The van der Waals surface area contributed by atoms with Crippen molar-refractivity contribution in [1.29, 1.82) is 0 Å². The van der Waals surface area contributed by atoms with Gasteiger partial charge in [0.2, 0.25) is 0 Å². The van der Waals surface area contributed by atoms with Gasteiger partial charge in [0, 0.05) is 25.1 Å². The Balaban J connectivity index is 1.82. The number of nitrogens with one attached hydrogen (secondary N) is 1. The first-order chi connectivity index (χ1) is 9.43. The number of rotatable bonds is 4. The van der Waals surface area contributed by atoms with Crippen LogP contribution in [0.1, 0.15) is 5.56 Å². The number of nitrogens with zero attached hydrogens (tertiary/aromatic N) is 4. The molecule has 0 unspecified atom stereocenters. The first kappa shape index (κ1) is 11.4. The number of benzene rings is 1. The maximum atomic E-state index is 4.27. The van der Waals surface area contributed by atoms with Gasteiger partial charge < -0.3 is 5.32 Å². The molecular weight excluding hydrogens is 238 g/mol. The van der Waals surface area contributed by atoms with Crippen LogP contribution in [-0.4, -0.2) is 19.7 Å². The Morgan fingerprint density at radius 1 is 1.05 bits per heavy atom. The van der Waals surface area contributed by atoms with Gasteiger partial charge in [-0.15, -0.1) is 0 Å². The summed E-state index contributed by atoms with van der Waals surface area (Å²) in [6, 6.07) is 11.9. The summed E-state index contributed by atoms with van der Waals surface area (Å²) in [5.74, 6) is 0.810. The molecule has 0 atom stereocenters. The predicted molar refractivity (Wildman–Crippen MR) is 72.9 cm³/mol. The molecular formula is C14H13N5. The predicted octanol–water partition coefficient (Wildman–Crippen LogP) is 2.27. The van der Waals surface area contributed by atoms with Crippen molar-refractivity contribution >= 4 is 5.82 Å². The van der Waals surface area contributed by atoms with Crippen molar-refractivity contribution in [3.05, 3.63) is 66.9 Å². The van der Waals surface area contributed by atoms with Gasteiger partial charge in [-0.1, -0.05) is 18.2 Å². The molecule has 0 saturated heterocycles. The van der Waals surface area contributed by atoms with Crippen LogP contribution in [0.2, 0.25) is 0 Å². The summed E-state index contributed by atoms with van der Waals surface area (Å²) in [4.78, 5) is 8.03. The fourth-order valence-corrected chi connectivity index (χ4v) is 1.88. The van der Waals surface area contributed by atoms with Gasteiger partial charge in [0.1, 0.15) is 12.1 Å². The Kier molecular flexibility index (Phi) is 3.18. The summed E-state index contributed by atoms with van der Waals surface area (Å²) in [7, 11) is 0. The minimum Gasteiger partial charge on any atom is -0.366 e. The third-order valence-electron chi connectivity index (χ3n) is 2.78. The van der Waals surface area contributed by atoms with Crippen LogP contribution >= 0.6 is 0 Å². The summed E-state index contributed by atoms with van der Waals surface area (Å²) < 4.78 is 1.86. The fourth-order valence-electron chi connectivity index (χ4n) is 1.88. The molecule has 2 aromatic heterocycles. The molecule has 1 aromatic carbocycles. The number of hydrogen-bond acceptors (Lipinski definition) is 4. The van der Waals surface area contributed by atoms with E-state index >= 15 is 0 Å². The standard InChI is InChI=1S/C14H13N5/c1-2-5-13(19-9-3-7-18-19)12(4-1)10-16-14-6-8-15-11-17-14/h1-9,11H,10H2,(H,15,16,17). The molecule has 0 spiro atoms. The topological polar surface area (TPSA) is 55.6 Å². The zero-order valence-electron chi connectivity index (χ0n) is 10.3. The maximum Gasteiger partial charge on any atom is 0.129 e. The molecule has 94 valence electrons. The molecule has 0 aliphatic rings.